The average molecular weight is 489 g/mol. The molecule has 194 valence electrons. The van der Waals surface area contributed by atoms with E-state index in [1.54, 1.807) is 7.11 Å². The van der Waals surface area contributed by atoms with E-state index in [-0.39, 0.29) is 5.41 Å². The van der Waals surface area contributed by atoms with Gasteiger partial charge in [-0.05, 0) is 80.7 Å². The van der Waals surface area contributed by atoms with Gasteiger partial charge in [0, 0.05) is 38.0 Å². The van der Waals surface area contributed by atoms with Crippen molar-refractivity contribution in [3.05, 3.63) is 78.4 Å². The highest BCUT2D eigenvalue weighted by atomic mass is 16.5. The highest BCUT2D eigenvalue weighted by Gasteiger charge is 2.49. The first-order valence-corrected chi connectivity index (χ1v) is 13.8. The zero-order valence-corrected chi connectivity index (χ0v) is 22.3. The van der Waals surface area contributed by atoms with E-state index in [2.05, 4.69) is 64.9 Å². The molecule has 3 atom stereocenters. The number of nitrogens with zero attached hydrogens (tertiary/aromatic N) is 2. The number of fused-ring (bicyclic) bond motifs is 1. The van der Waals surface area contributed by atoms with Gasteiger partial charge in [0.1, 0.15) is 5.75 Å². The Bertz CT molecular complexity index is 991. The third-order valence-corrected chi connectivity index (χ3v) is 8.75. The monoisotopic (exact) mass is 488 g/mol. The Morgan fingerprint density at radius 2 is 1.97 bits per heavy atom. The molecule has 1 saturated heterocycles. The molecule has 36 heavy (non-hydrogen) atoms. The number of carbonyl (C=O) groups excluding carboxylic acids is 1. The van der Waals surface area contributed by atoms with E-state index in [1.807, 2.05) is 19.2 Å². The molecule has 0 aromatic heterocycles. The Labute approximate surface area is 218 Å². The van der Waals surface area contributed by atoms with Crippen molar-refractivity contribution in [3.8, 4) is 5.75 Å². The molecule has 1 aliphatic heterocycles. The van der Waals surface area contributed by atoms with Crippen LogP contribution in [0.25, 0.3) is 0 Å². The van der Waals surface area contributed by atoms with Crippen molar-refractivity contribution < 1.29 is 9.53 Å². The van der Waals surface area contributed by atoms with Crippen LogP contribution in [0.1, 0.15) is 62.5 Å². The van der Waals surface area contributed by atoms with Crippen LogP contribution in [0.3, 0.4) is 0 Å². The van der Waals surface area contributed by atoms with E-state index in [0.29, 0.717) is 24.3 Å². The number of amides is 1. The zero-order chi connectivity index (χ0) is 25.4. The van der Waals surface area contributed by atoms with Crippen molar-refractivity contribution in [1.82, 2.24) is 9.80 Å². The van der Waals surface area contributed by atoms with Crippen LogP contribution < -0.4 is 4.74 Å². The van der Waals surface area contributed by atoms with E-state index in [1.165, 1.54) is 11.1 Å². The van der Waals surface area contributed by atoms with Gasteiger partial charge >= 0.3 is 0 Å². The van der Waals surface area contributed by atoms with Crippen LogP contribution in [0.4, 0.5) is 0 Å². The molecule has 3 unspecified atom stereocenters. The van der Waals surface area contributed by atoms with E-state index in [4.69, 9.17) is 4.74 Å². The van der Waals surface area contributed by atoms with Crippen molar-refractivity contribution >= 4 is 5.91 Å². The molecule has 2 aromatic carbocycles. The summed E-state index contributed by atoms with van der Waals surface area (Å²) in [5, 5.41) is 0. The summed E-state index contributed by atoms with van der Waals surface area (Å²) >= 11 is 0. The third kappa shape index (κ3) is 6.21. The lowest BCUT2D eigenvalue weighted by molar-refractivity contribution is -0.134. The number of hydrogen-bond donors (Lipinski definition) is 0. The fraction of sp³-hybridized carbons (Fsp3) is 0.531. The molecule has 1 aliphatic carbocycles. The predicted octanol–water partition coefficient (Wildman–Crippen LogP) is 6.25. The van der Waals surface area contributed by atoms with Gasteiger partial charge in [0.25, 0.3) is 0 Å². The molecule has 2 aliphatic rings. The summed E-state index contributed by atoms with van der Waals surface area (Å²) < 4.78 is 5.60. The van der Waals surface area contributed by atoms with Crippen molar-refractivity contribution in [2.45, 2.75) is 69.2 Å². The summed E-state index contributed by atoms with van der Waals surface area (Å²) in [6.45, 7) is 7.10. The number of piperidine rings is 1. The Hall–Kier alpha value is -2.59. The molecule has 2 fully saturated rings. The Morgan fingerprint density at radius 1 is 1.14 bits per heavy atom. The number of unbranched alkanes of at least 4 members (excludes halogenated alkanes) is 2. The third-order valence-electron chi connectivity index (χ3n) is 8.75. The molecule has 0 spiro atoms. The van der Waals surface area contributed by atoms with Gasteiger partial charge in [-0.25, -0.2) is 0 Å². The van der Waals surface area contributed by atoms with E-state index >= 15 is 0 Å². The molecule has 4 rings (SSSR count). The summed E-state index contributed by atoms with van der Waals surface area (Å²) in [4.78, 5) is 17.8. The van der Waals surface area contributed by atoms with Crippen LogP contribution >= 0.6 is 0 Å². The highest BCUT2D eigenvalue weighted by molar-refractivity contribution is 5.76. The Balaban J connectivity index is 1.38. The van der Waals surface area contributed by atoms with Gasteiger partial charge < -0.3 is 9.64 Å². The van der Waals surface area contributed by atoms with Gasteiger partial charge in [-0.2, -0.15) is 0 Å². The van der Waals surface area contributed by atoms with Crippen molar-refractivity contribution in [2.75, 3.05) is 33.8 Å². The minimum atomic E-state index is 0.0966. The number of likely N-dealkylation sites (tertiary alicyclic amines) is 1. The maximum absolute atomic E-state index is 13.2. The Kier molecular flexibility index (Phi) is 9.25. The first-order valence-electron chi connectivity index (χ1n) is 13.8. The van der Waals surface area contributed by atoms with Crippen molar-refractivity contribution in [2.24, 2.45) is 5.92 Å². The summed E-state index contributed by atoms with van der Waals surface area (Å²) in [6, 6.07) is 19.6. The molecule has 4 heteroatoms. The number of rotatable bonds is 11. The maximum Gasteiger partial charge on any atom is 0.222 e. The zero-order valence-electron chi connectivity index (χ0n) is 22.3. The molecule has 4 nitrogen and oxygen atoms in total. The molecule has 1 saturated carbocycles. The van der Waals surface area contributed by atoms with Crippen LogP contribution in [0.2, 0.25) is 0 Å². The predicted molar refractivity (Wildman–Crippen MR) is 148 cm³/mol. The Morgan fingerprint density at radius 3 is 2.75 bits per heavy atom. The van der Waals surface area contributed by atoms with Gasteiger partial charge in [0.2, 0.25) is 5.91 Å². The first kappa shape index (κ1) is 26.5. The summed E-state index contributed by atoms with van der Waals surface area (Å²) in [6.07, 6.45) is 11.4. The van der Waals surface area contributed by atoms with Crippen molar-refractivity contribution in [1.29, 1.82) is 0 Å². The second-order valence-electron chi connectivity index (χ2n) is 10.9. The quantitative estimate of drug-likeness (QED) is 0.277. The molecule has 2 aromatic rings. The topological polar surface area (TPSA) is 32.8 Å². The van der Waals surface area contributed by atoms with Gasteiger partial charge in [-0.15, -0.1) is 6.58 Å². The fourth-order valence-corrected chi connectivity index (χ4v) is 6.61. The first-order chi connectivity index (χ1) is 17.6. The smallest absolute Gasteiger partial charge is 0.222 e. The molecule has 1 heterocycles. The number of ether oxygens (including phenoxy) is 1. The average Bonchev–Trinajstić information content (AvgIpc) is 2.92. The fourth-order valence-electron chi connectivity index (χ4n) is 6.61. The maximum atomic E-state index is 13.2. The van der Waals surface area contributed by atoms with E-state index in [9.17, 15) is 4.79 Å². The van der Waals surface area contributed by atoms with Crippen LogP contribution in [0.5, 0.6) is 5.75 Å². The molecule has 0 radical (unpaired) electrons. The number of aryl methyl sites for hydroxylation is 1. The minimum absolute atomic E-state index is 0.0966. The van der Waals surface area contributed by atoms with Gasteiger partial charge in [-0.3, -0.25) is 9.69 Å². The lowest BCUT2D eigenvalue weighted by atomic mass is 9.57. The van der Waals surface area contributed by atoms with Gasteiger partial charge in [0.15, 0.2) is 0 Å². The summed E-state index contributed by atoms with van der Waals surface area (Å²) in [5.74, 6) is 1.83. The second kappa shape index (κ2) is 12.6. The van der Waals surface area contributed by atoms with Crippen LogP contribution in [-0.2, 0) is 16.6 Å². The lowest BCUT2D eigenvalue weighted by Gasteiger charge is -2.54. The molecule has 0 bridgehead atoms. The van der Waals surface area contributed by atoms with Crippen LogP contribution in [0, 0.1) is 5.92 Å². The highest BCUT2D eigenvalue weighted by Crippen LogP contribution is 2.50. The number of benzene rings is 2. The van der Waals surface area contributed by atoms with E-state index < -0.39 is 0 Å². The number of hydrogen-bond acceptors (Lipinski definition) is 3. The largest absolute Gasteiger partial charge is 0.497 e. The lowest BCUT2D eigenvalue weighted by Crippen LogP contribution is -2.56. The normalized spacial score (nSPS) is 24.1. The van der Waals surface area contributed by atoms with Crippen LogP contribution in [-0.4, -0.2) is 55.5 Å². The molecule has 0 N–H and O–H groups in total. The summed E-state index contributed by atoms with van der Waals surface area (Å²) in [5.41, 5.74) is 2.87. The minimum Gasteiger partial charge on any atom is -0.497 e. The number of carbonyl (C=O) groups is 1. The SMILES string of the molecule is C=CCN1CCC2(c3cccc(OC)c3)CC(N(C)C(=O)CCCCCc3ccccc3)CCC2C1. The standard InChI is InChI=1S/C32H44N2O2/c1-4-21-34-22-20-32(27-15-11-16-30(23-27)36-3)24-29(19-18-28(32)25-34)33(2)31(35)17-10-6-9-14-26-12-7-5-8-13-26/h4-5,7-8,11-13,15-16,23,28-29H,1,6,9-10,14,17-22,24-25H2,2-3H3. The van der Waals surface area contributed by atoms with E-state index in [0.717, 1.165) is 76.8 Å². The van der Waals surface area contributed by atoms with Crippen LogP contribution in [0.15, 0.2) is 67.3 Å². The van der Waals surface area contributed by atoms with Gasteiger partial charge in [0.05, 0.1) is 7.11 Å². The summed E-state index contributed by atoms with van der Waals surface area (Å²) in [7, 11) is 3.79. The molecular weight excluding hydrogens is 444 g/mol. The number of methoxy groups -OCH3 is 1. The van der Waals surface area contributed by atoms with Crippen molar-refractivity contribution in [3.63, 3.8) is 0 Å². The second-order valence-corrected chi connectivity index (χ2v) is 10.9. The molecular formula is C32H44N2O2. The molecule has 1 amide bonds. The van der Waals surface area contributed by atoms with Gasteiger partial charge in [-0.1, -0.05) is 55.0 Å².